The molecule has 0 bridgehead atoms. The molecule has 2 N–H and O–H groups in total. The van der Waals surface area contributed by atoms with Gasteiger partial charge in [-0.15, -0.1) is 11.3 Å². The first-order valence-electron chi connectivity index (χ1n) is 10.4. The van der Waals surface area contributed by atoms with Gasteiger partial charge in [-0.2, -0.15) is 0 Å². The molecule has 0 atom stereocenters. The van der Waals surface area contributed by atoms with Gasteiger partial charge in [0, 0.05) is 48.8 Å². The molecule has 0 amide bonds. The van der Waals surface area contributed by atoms with Crippen molar-refractivity contribution in [2.75, 3.05) is 38.5 Å². The van der Waals surface area contributed by atoms with Gasteiger partial charge in [-0.25, -0.2) is 9.97 Å². The quantitative estimate of drug-likeness (QED) is 0.439. The summed E-state index contributed by atoms with van der Waals surface area (Å²) in [4.78, 5) is 17.8. The van der Waals surface area contributed by atoms with Crippen LogP contribution in [0.2, 0.25) is 5.02 Å². The van der Waals surface area contributed by atoms with E-state index in [2.05, 4.69) is 45.3 Å². The average molecular weight is 453 g/mol. The number of piperazine rings is 1. The fraction of sp³-hybridized carbons (Fsp3) is 0.304. The predicted octanol–water partition coefficient (Wildman–Crippen LogP) is 5.14. The number of rotatable bonds is 5. The summed E-state index contributed by atoms with van der Waals surface area (Å²) in [6, 6.07) is 12.3. The maximum atomic E-state index is 6.13. The van der Waals surface area contributed by atoms with Gasteiger partial charge in [0.05, 0.1) is 11.0 Å². The highest BCUT2D eigenvalue weighted by Crippen LogP contribution is 2.29. The maximum Gasteiger partial charge on any atom is 0.187 e. The largest absolute Gasteiger partial charge is 0.337 e. The predicted molar refractivity (Wildman–Crippen MR) is 129 cm³/mol. The van der Waals surface area contributed by atoms with Crippen LogP contribution in [0.15, 0.2) is 41.8 Å². The highest BCUT2D eigenvalue weighted by Gasteiger charge is 2.15. The lowest BCUT2D eigenvalue weighted by Gasteiger charge is -2.32. The number of anilines is 2. The van der Waals surface area contributed by atoms with E-state index in [1.807, 2.05) is 30.5 Å². The van der Waals surface area contributed by atoms with E-state index in [0.29, 0.717) is 5.02 Å². The molecule has 3 heterocycles. The molecule has 160 valence electrons. The fourth-order valence-corrected chi connectivity index (χ4v) is 4.70. The first-order valence-corrected chi connectivity index (χ1v) is 11.7. The molecule has 1 fully saturated rings. The van der Waals surface area contributed by atoms with Crippen LogP contribution in [-0.2, 0) is 6.54 Å². The summed E-state index contributed by atoms with van der Waals surface area (Å²) >= 11 is 7.69. The number of aromatic nitrogens is 3. The topological polar surface area (TPSA) is 60.1 Å². The van der Waals surface area contributed by atoms with Crippen LogP contribution in [0, 0.1) is 6.92 Å². The van der Waals surface area contributed by atoms with Crippen molar-refractivity contribution < 1.29 is 0 Å². The third kappa shape index (κ3) is 4.60. The molecule has 1 aliphatic rings. The van der Waals surface area contributed by atoms with Crippen molar-refractivity contribution in [1.82, 2.24) is 24.8 Å². The van der Waals surface area contributed by atoms with E-state index < -0.39 is 0 Å². The Morgan fingerprint density at radius 2 is 1.94 bits per heavy atom. The number of aromatic amines is 1. The molecule has 0 aliphatic carbocycles. The number of fused-ring (bicyclic) bond motifs is 1. The van der Waals surface area contributed by atoms with Gasteiger partial charge >= 0.3 is 0 Å². The molecule has 2 aromatic heterocycles. The van der Waals surface area contributed by atoms with Gasteiger partial charge in [-0.1, -0.05) is 23.7 Å². The van der Waals surface area contributed by atoms with E-state index in [1.54, 1.807) is 11.3 Å². The van der Waals surface area contributed by atoms with E-state index in [4.69, 9.17) is 21.6 Å². The van der Waals surface area contributed by atoms with Crippen LogP contribution in [0.1, 0.15) is 11.1 Å². The SMILES string of the molecule is Cc1ccc(Cl)cc1Nc1nc(-c2nc3ccc(CN4CCN(C)CC4)cc3[nH]2)cs1. The zero-order chi connectivity index (χ0) is 21.4. The number of benzene rings is 2. The summed E-state index contributed by atoms with van der Waals surface area (Å²) in [6.45, 7) is 7.51. The Morgan fingerprint density at radius 3 is 2.77 bits per heavy atom. The molecule has 1 saturated heterocycles. The van der Waals surface area contributed by atoms with Gasteiger partial charge < -0.3 is 15.2 Å². The second-order valence-electron chi connectivity index (χ2n) is 8.14. The Kier molecular flexibility index (Phi) is 5.67. The molecule has 0 spiro atoms. The third-order valence-corrected chi connectivity index (χ3v) is 6.73. The van der Waals surface area contributed by atoms with Crippen molar-refractivity contribution in [3.63, 3.8) is 0 Å². The molecule has 31 heavy (non-hydrogen) atoms. The van der Waals surface area contributed by atoms with Gasteiger partial charge in [0.15, 0.2) is 11.0 Å². The number of aryl methyl sites for hydroxylation is 1. The molecular weight excluding hydrogens is 428 g/mol. The Bertz CT molecular complexity index is 1210. The summed E-state index contributed by atoms with van der Waals surface area (Å²) in [5.74, 6) is 0.791. The van der Waals surface area contributed by atoms with Crippen molar-refractivity contribution in [3.05, 3.63) is 57.9 Å². The van der Waals surface area contributed by atoms with Crippen LogP contribution in [0.4, 0.5) is 10.8 Å². The van der Waals surface area contributed by atoms with Gasteiger partial charge in [-0.05, 0) is 49.4 Å². The molecule has 0 unspecified atom stereocenters. The second kappa shape index (κ2) is 8.59. The Balaban J connectivity index is 1.33. The molecular formula is C23H25ClN6S. The summed E-state index contributed by atoms with van der Waals surface area (Å²) in [5.41, 5.74) is 6.25. The van der Waals surface area contributed by atoms with E-state index >= 15 is 0 Å². The summed E-state index contributed by atoms with van der Waals surface area (Å²) in [7, 11) is 2.19. The van der Waals surface area contributed by atoms with Gasteiger partial charge in [0.1, 0.15) is 5.69 Å². The lowest BCUT2D eigenvalue weighted by Crippen LogP contribution is -2.43. The standard InChI is InChI=1S/C23H25ClN6S/c1-15-3-5-17(24)12-19(15)27-23-28-21(14-31-23)22-25-18-6-4-16(11-20(18)26-22)13-30-9-7-29(2)8-10-30/h3-6,11-12,14H,7-10,13H2,1-2H3,(H,25,26)(H,27,28). The monoisotopic (exact) mass is 452 g/mol. The van der Waals surface area contributed by atoms with Gasteiger partial charge in [-0.3, -0.25) is 4.90 Å². The number of nitrogens with zero attached hydrogens (tertiary/aromatic N) is 4. The zero-order valence-electron chi connectivity index (χ0n) is 17.7. The van der Waals surface area contributed by atoms with Crippen molar-refractivity contribution in [1.29, 1.82) is 0 Å². The van der Waals surface area contributed by atoms with Gasteiger partial charge in [0.2, 0.25) is 0 Å². The lowest BCUT2D eigenvalue weighted by atomic mass is 10.1. The van der Waals surface area contributed by atoms with Crippen molar-refractivity contribution >= 4 is 44.8 Å². The minimum absolute atomic E-state index is 0.703. The number of hydrogen-bond donors (Lipinski definition) is 2. The molecule has 1 aliphatic heterocycles. The van der Waals surface area contributed by atoms with E-state index in [-0.39, 0.29) is 0 Å². The van der Waals surface area contributed by atoms with E-state index in [0.717, 1.165) is 71.7 Å². The summed E-state index contributed by atoms with van der Waals surface area (Å²) < 4.78 is 0. The van der Waals surface area contributed by atoms with E-state index in [1.165, 1.54) is 5.56 Å². The average Bonchev–Trinajstić information content (AvgIpc) is 3.39. The number of nitrogens with one attached hydrogen (secondary N) is 2. The molecule has 4 aromatic rings. The fourth-order valence-electron chi connectivity index (χ4n) is 3.82. The molecule has 5 rings (SSSR count). The number of thiazole rings is 1. The Hall–Kier alpha value is -2.45. The van der Waals surface area contributed by atoms with Crippen LogP contribution in [0.25, 0.3) is 22.6 Å². The van der Waals surface area contributed by atoms with Gasteiger partial charge in [0.25, 0.3) is 0 Å². The molecule has 2 aromatic carbocycles. The van der Waals surface area contributed by atoms with Crippen LogP contribution >= 0.6 is 22.9 Å². The number of hydrogen-bond acceptors (Lipinski definition) is 6. The van der Waals surface area contributed by atoms with Crippen LogP contribution in [0.3, 0.4) is 0 Å². The third-order valence-electron chi connectivity index (χ3n) is 5.74. The highest BCUT2D eigenvalue weighted by atomic mass is 35.5. The van der Waals surface area contributed by atoms with E-state index in [9.17, 15) is 0 Å². The smallest absolute Gasteiger partial charge is 0.187 e. The summed E-state index contributed by atoms with van der Waals surface area (Å²) in [6.07, 6.45) is 0. The molecule has 0 radical (unpaired) electrons. The number of halogens is 1. The lowest BCUT2D eigenvalue weighted by molar-refractivity contribution is 0.148. The number of H-pyrrole nitrogens is 1. The zero-order valence-corrected chi connectivity index (χ0v) is 19.2. The number of imidazole rings is 1. The minimum atomic E-state index is 0.703. The Labute approximate surface area is 190 Å². The first-order chi connectivity index (χ1) is 15.0. The maximum absolute atomic E-state index is 6.13. The normalized spacial score (nSPS) is 15.6. The van der Waals surface area contributed by atoms with Crippen LogP contribution in [0.5, 0.6) is 0 Å². The Morgan fingerprint density at radius 1 is 1.10 bits per heavy atom. The molecule has 8 heteroatoms. The molecule has 6 nitrogen and oxygen atoms in total. The van der Waals surface area contributed by atoms with Crippen molar-refractivity contribution in [3.8, 4) is 11.5 Å². The van der Waals surface area contributed by atoms with Crippen LogP contribution in [-0.4, -0.2) is 58.0 Å². The van der Waals surface area contributed by atoms with Crippen molar-refractivity contribution in [2.24, 2.45) is 0 Å². The molecule has 0 saturated carbocycles. The summed E-state index contributed by atoms with van der Waals surface area (Å²) in [5, 5.41) is 6.91. The minimum Gasteiger partial charge on any atom is -0.337 e. The second-order valence-corrected chi connectivity index (χ2v) is 9.43. The van der Waals surface area contributed by atoms with Crippen LogP contribution < -0.4 is 5.32 Å². The van der Waals surface area contributed by atoms with Crippen molar-refractivity contribution in [2.45, 2.75) is 13.5 Å². The highest BCUT2D eigenvalue weighted by molar-refractivity contribution is 7.14. The number of likely N-dealkylation sites (N-methyl/N-ethyl adjacent to an activating group) is 1. The first kappa shape index (κ1) is 20.5.